The maximum absolute atomic E-state index is 13.7. The monoisotopic (exact) mass is 298 g/mol. The molecule has 0 aromatic heterocycles. The third-order valence-electron chi connectivity index (χ3n) is 3.01. The van der Waals surface area contributed by atoms with Gasteiger partial charge in [0.05, 0.1) is 5.60 Å². The standard InChI is InChI=1S/C15H13Cl2FO/c1-15(19,11-2-4-12(16)5-3-11)9-10-8-13(17)6-7-14(10)18/h2-8,19H,9H2,1H3. The smallest absolute Gasteiger partial charge is 0.126 e. The number of halogens is 3. The zero-order chi connectivity index (χ0) is 14.0. The molecule has 0 radical (unpaired) electrons. The second-order valence-electron chi connectivity index (χ2n) is 4.69. The Morgan fingerprint density at radius 2 is 1.63 bits per heavy atom. The van der Waals surface area contributed by atoms with E-state index in [9.17, 15) is 9.50 Å². The summed E-state index contributed by atoms with van der Waals surface area (Å²) in [5.74, 6) is -0.376. The Balaban J connectivity index is 2.30. The molecule has 1 atom stereocenters. The van der Waals surface area contributed by atoms with Gasteiger partial charge in [0.2, 0.25) is 0 Å². The number of benzene rings is 2. The molecule has 0 bridgehead atoms. The van der Waals surface area contributed by atoms with Crippen molar-refractivity contribution in [1.82, 2.24) is 0 Å². The second kappa shape index (κ2) is 5.49. The summed E-state index contributed by atoms with van der Waals surface area (Å²) < 4.78 is 13.7. The SMILES string of the molecule is CC(O)(Cc1cc(Cl)ccc1F)c1ccc(Cl)cc1. The average Bonchev–Trinajstić information content (AvgIpc) is 2.34. The quantitative estimate of drug-likeness (QED) is 0.879. The van der Waals surface area contributed by atoms with Gasteiger partial charge in [-0.3, -0.25) is 0 Å². The van der Waals surface area contributed by atoms with Crippen LogP contribution in [0, 0.1) is 5.82 Å². The third kappa shape index (κ3) is 3.47. The normalized spacial score (nSPS) is 14.2. The lowest BCUT2D eigenvalue weighted by molar-refractivity contribution is 0.0567. The molecule has 2 rings (SSSR count). The third-order valence-corrected chi connectivity index (χ3v) is 3.50. The minimum Gasteiger partial charge on any atom is -0.385 e. The van der Waals surface area contributed by atoms with Gasteiger partial charge < -0.3 is 5.11 Å². The van der Waals surface area contributed by atoms with E-state index in [-0.39, 0.29) is 12.2 Å². The molecule has 0 aliphatic carbocycles. The molecular formula is C15H13Cl2FO. The zero-order valence-electron chi connectivity index (χ0n) is 10.3. The van der Waals surface area contributed by atoms with Gasteiger partial charge in [0.1, 0.15) is 5.82 Å². The van der Waals surface area contributed by atoms with Gasteiger partial charge in [0.15, 0.2) is 0 Å². The molecule has 100 valence electrons. The van der Waals surface area contributed by atoms with Gasteiger partial charge in [-0.2, -0.15) is 0 Å². The number of aliphatic hydroxyl groups is 1. The van der Waals surface area contributed by atoms with Crippen molar-refractivity contribution in [2.45, 2.75) is 18.9 Å². The van der Waals surface area contributed by atoms with Crippen molar-refractivity contribution in [3.8, 4) is 0 Å². The van der Waals surface area contributed by atoms with Crippen LogP contribution in [-0.4, -0.2) is 5.11 Å². The van der Waals surface area contributed by atoms with Crippen LogP contribution < -0.4 is 0 Å². The maximum Gasteiger partial charge on any atom is 0.126 e. The molecule has 0 saturated heterocycles. The number of hydrogen-bond donors (Lipinski definition) is 1. The van der Waals surface area contributed by atoms with Gasteiger partial charge in [-0.25, -0.2) is 4.39 Å². The molecule has 1 N–H and O–H groups in total. The van der Waals surface area contributed by atoms with E-state index in [4.69, 9.17) is 23.2 Å². The van der Waals surface area contributed by atoms with E-state index >= 15 is 0 Å². The topological polar surface area (TPSA) is 20.2 Å². The average molecular weight is 299 g/mol. The predicted octanol–water partition coefficient (Wildman–Crippen LogP) is 4.58. The minimum atomic E-state index is -1.18. The fourth-order valence-corrected chi connectivity index (χ4v) is 2.28. The number of rotatable bonds is 3. The van der Waals surface area contributed by atoms with Crippen molar-refractivity contribution in [2.75, 3.05) is 0 Å². The van der Waals surface area contributed by atoms with Gasteiger partial charge in [-0.05, 0) is 48.4 Å². The number of hydrogen-bond acceptors (Lipinski definition) is 1. The molecule has 0 saturated carbocycles. The van der Waals surface area contributed by atoms with Crippen LogP contribution in [0.4, 0.5) is 4.39 Å². The molecule has 2 aromatic rings. The van der Waals surface area contributed by atoms with E-state index in [1.807, 2.05) is 0 Å². The van der Waals surface area contributed by atoms with Crippen LogP contribution in [0.5, 0.6) is 0 Å². The van der Waals surface area contributed by atoms with Crippen LogP contribution in [0.15, 0.2) is 42.5 Å². The molecule has 0 spiro atoms. The van der Waals surface area contributed by atoms with Gasteiger partial charge in [0.25, 0.3) is 0 Å². The van der Waals surface area contributed by atoms with Crippen molar-refractivity contribution in [3.05, 3.63) is 69.5 Å². The van der Waals surface area contributed by atoms with Crippen LogP contribution in [0.1, 0.15) is 18.1 Å². The van der Waals surface area contributed by atoms with Crippen molar-refractivity contribution < 1.29 is 9.50 Å². The summed E-state index contributed by atoms with van der Waals surface area (Å²) in [6, 6.07) is 11.2. The molecule has 0 fully saturated rings. The molecule has 1 nitrogen and oxygen atoms in total. The van der Waals surface area contributed by atoms with E-state index in [0.29, 0.717) is 21.2 Å². The Hall–Kier alpha value is -1.09. The predicted molar refractivity (Wildman–Crippen MR) is 76.1 cm³/mol. The molecule has 19 heavy (non-hydrogen) atoms. The van der Waals surface area contributed by atoms with Gasteiger partial charge in [-0.15, -0.1) is 0 Å². The van der Waals surface area contributed by atoms with E-state index < -0.39 is 5.60 Å². The lowest BCUT2D eigenvalue weighted by Crippen LogP contribution is -2.24. The maximum atomic E-state index is 13.7. The van der Waals surface area contributed by atoms with E-state index in [1.165, 1.54) is 18.2 Å². The highest BCUT2D eigenvalue weighted by molar-refractivity contribution is 6.30. The summed E-state index contributed by atoms with van der Waals surface area (Å²) in [5.41, 5.74) is -0.125. The molecular weight excluding hydrogens is 286 g/mol. The molecule has 0 aliphatic heterocycles. The molecule has 0 amide bonds. The second-order valence-corrected chi connectivity index (χ2v) is 5.57. The van der Waals surface area contributed by atoms with E-state index in [1.54, 1.807) is 31.2 Å². The fraction of sp³-hybridized carbons (Fsp3) is 0.200. The van der Waals surface area contributed by atoms with Crippen LogP contribution in [0.3, 0.4) is 0 Å². The van der Waals surface area contributed by atoms with Crippen LogP contribution in [-0.2, 0) is 12.0 Å². The lowest BCUT2D eigenvalue weighted by Gasteiger charge is -2.24. The van der Waals surface area contributed by atoms with E-state index in [2.05, 4.69) is 0 Å². The van der Waals surface area contributed by atoms with Crippen LogP contribution in [0.25, 0.3) is 0 Å². The van der Waals surface area contributed by atoms with Gasteiger partial charge >= 0.3 is 0 Å². The lowest BCUT2D eigenvalue weighted by atomic mass is 9.89. The fourth-order valence-electron chi connectivity index (χ4n) is 1.96. The molecule has 0 heterocycles. The largest absolute Gasteiger partial charge is 0.385 e. The van der Waals surface area contributed by atoms with Crippen LogP contribution >= 0.6 is 23.2 Å². The summed E-state index contributed by atoms with van der Waals surface area (Å²) in [5, 5.41) is 11.5. The van der Waals surface area contributed by atoms with Crippen molar-refractivity contribution >= 4 is 23.2 Å². The van der Waals surface area contributed by atoms with Gasteiger partial charge in [-0.1, -0.05) is 35.3 Å². The first kappa shape index (κ1) is 14.3. The Kier molecular flexibility index (Phi) is 4.14. The Morgan fingerprint density at radius 3 is 2.26 bits per heavy atom. The van der Waals surface area contributed by atoms with E-state index in [0.717, 1.165) is 0 Å². The Bertz CT molecular complexity index is 579. The highest BCUT2D eigenvalue weighted by Gasteiger charge is 2.25. The molecule has 1 unspecified atom stereocenters. The van der Waals surface area contributed by atoms with Gasteiger partial charge in [0, 0.05) is 16.5 Å². The summed E-state index contributed by atoms with van der Waals surface area (Å²) in [4.78, 5) is 0. The zero-order valence-corrected chi connectivity index (χ0v) is 11.8. The highest BCUT2D eigenvalue weighted by atomic mass is 35.5. The summed E-state index contributed by atoms with van der Waals surface area (Å²) in [7, 11) is 0. The van der Waals surface area contributed by atoms with Crippen molar-refractivity contribution in [3.63, 3.8) is 0 Å². The minimum absolute atomic E-state index is 0.140. The summed E-state index contributed by atoms with van der Waals surface area (Å²) >= 11 is 11.7. The molecule has 0 aliphatic rings. The van der Waals surface area contributed by atoms with Crippen molar-refractivity contribution in [1.29, 1.82) is 0 Å². The van der Waals surface area contributed by atoms with Crippen LogP contribution in [0.2, 0.25) is 10.0 Å². The highest BCUT2D eigenvalue weighted by Crippen LogP contribution is 2.28. The Morgan fingerprint density at radius 1 is 1.05 bits per heavy atom. The summed E-state index contributed by atoms with van der Waals surface area (Å²) in [6.45, 7) is 1.64. The first-order chi connectivity index (χ1) is 8.88. The molecule has 4 heteroatoms. The molecule has 2 aromatic carbocycles. The first-order valence-corrected chi connectivity index (χ1v) is 6.56. The summed E-state index contributed by atoms with van der Waals surface area (Å²) in [6.07, 6.45) is 0.140. The Labute approximate surface area is 121 Å². The first-order valence-electron chi connectivity index (χ1n) is 5.81. The van der Waals surface area contributed by atoms with Crippen molar-refractivity contribution in [2.24, 2.45) is 0 Å².